The van der Waals surface area contributed by atoms with Crippen LogP contribution >= 0.6 is 23.2 Å². The third-order valence-electron chi connectivity index (χ3n) is 5.22. The first-order valence-electron chi connectivity index (χ1n) is 10.4. The Labute approximate surface area is 196 Å². The fourth-order valence-electron chi connectivity index (χ4n) is 3.60. The van der Waals surface area contributed by atoms with Crippen molar-refractivity contribution in [2.24, 2.45) is 0 Å². The van der Waals surface area contributed by atoms with Gasteiger partial charge in [0.1, 0.15) is 0 Å². The third-order valence-corrected chi connectivity index (χ3v) is 5.96. The molecule has 9 heteroatoms. The number of benzene rings is 2. The molecule has 0 fully saturated rings. The van der Waals surface area contributed by atoms with Crippen LogP contribution in [0.4, 0.5) is 0 Å². The lowest BCUT2D eigenvalue weighted by molar-refractivity contribution is 0.0737. The zero-order valence-corrected chi connectivity index (χ0v) is 19.8. The fraction of sp³-hybridized carbons (Fsp3) is 0.348. The predicted molar refractivity (Wildman–Crippen MR) is 129 cm³/mol. The number of aromatic nitrogens is 2. The van der Waals surface area contributed by atoms with E-state index in [-0.39, 0.29) is 5.91 Å². The van der Waals surface area contributed by atoms with E-state index in [4.69, 9.17) is 23.2 Å². The monoisotopic (exact) mass is 476 g/mol. The van der Waals surface area contributed by atoms with Crippen molar-refractivity contribution in [3.63, 3.8) is 0 Å². The zero-order valence-electron chi connectivity index (χ0n) is 18.3. The van der Waals surface area contributed by atoms with Crippen LogP contribution in [0.5, 0.6) is 0 Å². The van der Waals surface area contributed by atoms with Gasteiger partial charge >= 0.3 is 11.1 Å². The van der Waals surface area contributed by atoms with E-state index < -0.39 is 11.1 Å². The molecule has 7 nitrogen and oxygen atoms in total. The number of H-pyrrole nitrogens is 1. The number of carbonyl (C=O) groups excluding carboxylic acids is 1. The maximum atomic E-state index is 13.4. The summed E-state index contributed by atoms with van der Waals surface area (Å²) >= 11 is 12.2. The molecular weight excluding hydrogens is 451 g/mol. The van der Waals surface area contributed by atoms with Gasteiger partial charge in [0.2, 0.25) is 0 Å². The van der Waals surface area contributed by atoms with Crippen LogP contribution in [-0.2, 0) is 13.1 Å². The minimum atomic E-state index is -0.706. The number of rotatable bonds is 8. The number of hydrogen-bond donors (Lipinski definition) is 1. The molecule has 0 unspecified atom stereocenters. The average Bonchev–Trinajstić information content (AvgIpc) is 2.75. The van der Waals surface area contributed by atoms with E-state index >= 15 is 0 Å². The van der Waals surface area contributed by atoms with E-state index in [9.17, 15) is 14.4 Å². The summed E-state index contributed by atoms with van der Waals surface area (Å²) in [4.78, 5) is 43.9. The van der Waals surface area contributed by atoms with Gasteiger partial charge in [-0.05, 0) is 69.9 Å². The van der Waals surface area contributed by atoms with Gasteiger partial charge in [-0.1, -0.05) is 29.3 Å². The van der Waals surface area contributed by atoms with Gasteiger partial charge in [0.15, 0.2) is 0 Å². The van der Waals surface area contributed by atoms with E-state index in [1.807, 2.05) is 20.2 Å². The first-order valence-corrected chi connectivity index (χ1v) is 11.1. The summed E-state index contributed by atoms with van der Waals surface area (Å²) in [5.74, 6) is -0.174. The number of halogens is 2. The molecule has 1 N–H and O–H groups in total. The minimum absolute atomic E-state index is 0.174. The predicted octanol–water partition coefficient (Wildman–Crippen LogP) is 3.61. The van der Waals surface area contributed by atoms with Crippen LogP contribution in [0, 0.1) is 0 Å². The smallest absolute Gasteiger partial charge is 0.316 e. The summed E-state index contributed by atoms with van der Waals surface area (Å²) in [7, 11) is 3.97. The molecule has 170 valence electrons. The average molecular weight is 477 g/mol. The lowest BCUT2D eigenvalue weighted by Crippen LogP contribution is -2.36. The lowest BCUT2D eigenvalue weighted by Gasteiger charge is -2.24. The molecule has 1 aromatic heterocycles. The van der Waals surface area contributed by atoms with Gasteiger partial charge in [0.25, 0.3) is 5.91 Å². The molecule has 0 spiro atoms. The second-order valence-corrected chi connectivity index (χ2v) is 8.68. The summed E-state index contributed by atoms with van der Waals surface area (Å²) in [6, 6.07) is 10.3. The highest BCUT2D eigenvalue weighted by atomic mass is 35.5. The Bertz CT molecular complexity index is 1250. The van der Waals surface area contributed by atoms with Gasteiger partial charge < -0.3 is 19.4 Å². The molecule has 1 amide bonds. The molecule has 0 aliphatic carbocycles. The summed E-state index contributed by atoms with van der Waals surface area (Å²) in [5.41, 5.74) is 1.01. The molecule has 0 bridgehead atoms. The van der Waals surface area contributed by atoms with Crippen molar-refractivity contribution in [3.05, 3.63) is 78.3 Å². The molecule has 3 rings (SSSR count). The van der Waals surface area contributed by atoms with Crippen LogP contribution in [0.3, 0.4) is 0 Å². The molecule has 0 radical (unpaired) electrons. The Hall–Kier alpha value is -2.61. The largest absolute Gasteiger partial charge is 0.334 e. The van der Waals surface area contributed by atoms with Crippen molar-refractivity contribution >= 4 is 40.1 Å². The van der Waals surface area contributed by atoms with Crippen LogP contribution in [-0.4, -0.2) is 52.4 Å². The van der Waals surface area contributed by atoms with Gasteiger partial charge in [-0.15, -0.1) is 0 Å². The molecular formula is C23H26Cl2N4O3. The van der Waals surface area contributed by atoms with Crippen molar-refractivity contribution < 1.29 is 4.79 Å². The highest BCUT2D eigenvalue weighted by Crippen LogP contribution is 2.24. The van der Waals surface area contributed by atoms with Gasteiger partial charge in [-0.2, -0.15) is 0 Å². The van der Waals surface area contributed by atoms with Crippen molar-refractivity contribution in [1.29, 1.82) is 0 Å². The molecule has 1 heterocycles. The molecule has 2 aromatic carbocycles. The molecule has 0 aliphatic rings. The summed E-state index contributed by atoms with van der Waals surface area (Å²) in [5, 5.41) is 0.895. The highest BCUT2D eigenvalue weighted by molar-refractivity contribution is 6.42. The fourth-order valence-corrected chi connectivity index (χ4v) is 3.92. The molecule has 3 aromatic rings. The maximum Gasteiger partial charge on any atom is 0.316 e. The minimum Gasteiger partial charge on any atom is -0.334 e. The van der Waals surface area contributed by atoms with Gasteiger partial charge in [0, 0.05) is 25.2 Å². The standard InChI is InChI=1S/C23H26Cl2N4O3/c1-4-29-20-9-7-16(13-19(20)26-21(30)23(29)32)22(31)28(11-5-10-27(2)3)14-15-6-8-17(24)18(25)12-15/h6-9,12-13H,4-5,10-11,14H2,1-3H3,(H,26,30). The van der Waals surface area contributed by atoms with E-state index in [1.165, 1.54) is 4.57 Å². The van der Waals surface area contributed by atoms with Crippen molar-refractivity contribution in [2.75, 3.05) is 27.2 Å². The van der Waals surface area contributed by atoms with E-state index in [1.54, 1.807) is 42.2 Å². The number of carbonyl (C=O) groups is 1. The van der Waals surface area contributed by atoms with Crippen molar-refractivity contribution in [3.8, 4) is 0 Å². The number of nitrogens with zero attached hydrogens (tertiary/aromatic N) is 3. The first kappa shape index (κ1) is 24.0. The molecule has 32 heavy (non-hydrogen) atoms. The maximum absolute atomic E-state index is 13.4. The zero-order chi connectivity index (χ0) is 23.4. The Balaban J connectivity index is 1.95. The van der Waals surface area contributed by atoms with Crippen LogP contribution in [0.2, 0.25) is 10.0 Å². The number of aromatic amines is 1. The van der Waals surface area contributed by atoms with Gasteiger partial charge in [0.05, 0.1) is 21.1 Å². The Morgan fingerprint density at radius 1 is 1.03 bits per heavy atom. The molecule has 0 atom stereocenters. The second kappa shape index (κ2) is 10.3. The van der Waals surface area contributed by atoms with Crippen molar-refractivity contribution in [2.45, 2.75) is 26.4 Å². The lowest BCUT2D eigenvalue weighted by atomic mass is 10.1. The second-order valence-electron chi connectivity index (χ2n) is 7.87. The Morgan fingerprint density at radius 2 is 1.78 bits per heavy atom. The third kappa shape index (κ3) is 5.41. The Kier molecular flexibility index (Phi) is 7.77. The summed E-state index contributed by atoms with van der Waals surface area (Å²) in [6.07, 6.45) is 0.792. The number of amides is 1. The van der Waals surface area contributed by atoms with Crippen LogP contribution in [0.15, 0.2) is 46.0 Å². The van der Waals surface area contributed by atoms with Crippen molar-refractivity contribution in [1.82, 2.24) is 19.4 Å². The van der Waals surface area contributed by atoms with Gasteiger partial charge in [-0.3, -0.25) is 14.4 Å². The van der Waals surface area contributed by atoms with E-state index in [2.05, 4.69) is 9.88 Å². The van der Waals surface area contributed by atoms with Gasteiger partial charge in [-0.25, -0.2) is 0 Å². The molecule has 0 saturated heterocycles. The summed E-state index contributed by atoms with van der Waals surface area (Å²) < 4.78 is 1.40. The number of aryl methyl sites for hydroxylation is 1. The number of nitrogens with one attached hydrogen (secondary N) is 1. The highest BCUT2D eigenvalue weighted by Gasteiger charge is 2.18. The topological polar surface area (TPSA) is 78.4 Å². The molecule has 0 saturated carbocycles. The summed E-state index contributed by atoms with van der Waals surface area (Å²) in [6.45, 7) is 3.90. The normalized spacial score (nSPS) is 11.3. The van der Waals surface area contributed by atoms with E-state index in [0.29, 0.717) is 46.3 Å². The Morgan fingerprint density at radius 3 is 2.44 bits per heavy atom. The quantitative estimate of drug-likeness (QED) is 0.503. The number of fused-ring (bicyclic) bond motifs is 1. The van der Waals surface area contributed by atoms with Crippen LogP contribution < -0.4 is 11.1 Å². The SMILES string of the molecule is CCn1c(=O)c(=O)[nH]c2cc(C(=O)N(CCCN(C)C)Cc3ccc(Cl)c(Cl)c3)ccc21. The molecule has 0 aliphatic heterocycles. The number of hydrogen-bond acceptors (Lipinski definition) is 4. The first-order chi connectivity index (χ1) is 15.2. The van der Waals surface area contributed by atoms with Crippen LogP contribution in [0.1, 0.15) is 29.3 Å². The van der Waals surface area contributed by atoms with Crippen LogP contribution in [0.25, 0.3) is 11.0 Å². The van der Waals surface area contributed by atoms with E-state index in [0.717, 1.165) is 18.5 Å².